The molecule has 1 unspecified atom stereocenters. The molecule has 1 aliphatic rings. The Kier molecular flexibility index (Phi) is 5.17. The first kappa shape index (κ1) is 15.8. The Bertz CT molecular complexity index is 553. The van der Waals surface area contributed by atoms with Crippen LogP contribution in [0.3, 0.4) is 0 Å². The summed E-state index contributed by atoms with van der Waals surface area (Å²) >= 11 is 3.25. The van der Waals surface area contributed by atoms with Crippen molar-refractivity contribution in [1.29, 1.82) is 0 Å². The van der Waals surface area contributed by atoms with E-state index in [-0.39, 0.29) is 23.8 Å². The first-order valence-electron chi connectivity index (χ1n) is 6.68. The van der Waals surface area contributed by atoms with Crippen LogP contribution in [0.4, 0.5) is 9.18 Å². The summed E-state index contributed by atoms with van der Waals surface area (Å²) in [4.78, 5) is 24.8. The van der Waals surface area contributed by atoms with Crippen molar-refractivity contribution in [3.8, 4) is 0 Å². The third-order valence-corrected chi connectivity index (χ3v) is 4.15. The zero-order valence-corrected chi connectivity index (χ0v) is 13.2. The first-order valence-corrected chi connectivity index (χ1v) is 7.47. The minimum atomic E-state index is -0.329. The second-order valence-corrected chi connectivity index (χ2v) is 5.93. The van der Waals surface area contributed by atoms with E-state index in [1.54, 1.807) is 18.0 Å². The van der Waals surface area contributed by atoms with Gasteiger partial charge >= 0.3 is 6.03 Å². The average Bonchev–Trinajstić information content (AvgIpc) is 2.42. The molecule has 3 amide bonds. The van der Waals surface area contributed by atoms with E-state index in [9.17, 15) is 14.0 Å². The molecule has 1 aliphatic heterocycles. The van der Waals surface area contributed by atoms with Crippen LogP contribution in [-0.2, 0) is 11.3 Å². The summed E-state index contributed by atoms with van der Waals surface area (Å²) in [6.07, 6.45) is 1.10. The number of rotatable bonds is 3. The van der Waals surface area contributed by atoms with Crippen molar-refractivity contribution in [3.63, 3.8) is 0 Å². The Labute approximate surface area is 131 Å². The van der Waals surface area contributed by atoms with Crippen LogP contribution >= 0.6 is 15.9 Å². The number of likely N-dealkylation sites (tertiary alicyclic amines) is 1. The molecule has 1 aromatic rings. The number of likely N-dealkylation sites (N-methyl/N-ethyl adjacent to an activating group) is 1. The van der Waals surface area contributed by atoms with Crippen LogP contribution in [0.1, 0.15) is 18.4 Å². The fourth-order valence-corrected chi connectivity index (χ4v) is 2.70. The van der Waals surface area contributed by atoms with Crippen molar-refractivity contribution >= 4 is 27.9 Å². The summed E-state index contributed by atoms with van der Waals surface area (Å²) in [6.45, 7) is 0.820. The monoisotopic (exact) mass is 357 g/mol. The van der Waals surface area contributed by atoms with Gasteiger partial charge in [-0.3, -0.25) is 4.79 Å². The molecule has 1 atom stereocenters. The standard InChI is InChI=1S/C14H17BrFN3O2/c1-19-8-11(4-5-13(19)20)18-14(21)17-7-9-2-3-10(16)6-12(9)15/h2-3,6,11H,4-5,7-8H2,1H3,(H2,17,18,21). The van der Waals surface area contributed by atoms with Gasteiger partial charge in [0.2, 0.25) is 5.91 Å². The van der Waals surface area contributed by atoms with Crippen molar-refractivity contribution in [1.82, 2.24) is 15.5 Å². The van der Waals surface area contributed by atoms with E-state index in [2.05, 4.69) is 26.6 Å². The fourth-order valence-electron chi connectivity index (χ4n) is 2.21. The highest BCUT2D eigenvalue weighted by atomic mass is 79.9. The first-order chi connectivity index (χ1) is 9.95. The normalized spacial score (nSPS) is 18.5. The highest BCUT2D eigenvalue weighted by Crippen LogP contribution is 2.17. The third-order valence-electron chi connectivity index (χ3n) is 3.42. The highest BCUT2D eigenvalue weighted by molar-refractivity contribution is 9.10. The van der Waals surface area contributed by atoms with Crippen molar-refractivity contribution in [2.75, 3.05) is 13.6 Å². The van der Waals surface area contributed by atoms with E-state index < -0.39 is 0 Å². The molecule has 1 aromatic carbocycles. The van der Waals surface area contributed by atoms with Gasteiger partial charge in [-0.1, -0.05) is 22.0 Å². The van der Waals surface area contributed by atoms with Gasteiger partial charge in [-0.15, -0.1) is 0 Å². The van der Waals surface area contributed by atoms with Gasteiger partial charge in [-0.05, 0) is 24.1 Å². The van der Waals surface area contributed by atoms with E-state index in [1.807, 2.05) is 0 Å². The van der Waals surface area contributed by atoms with Crippen LogP contribution in [0.15, 0.2) is 22.7 Å². The van der Waals surface area contributed by atoms with Crippen LogP contribution in [0.2, 0.25) is 0 Å². The largest absolute Gasteiger partial charge is 0.344 e. The molecule has 2 N–H and O–H groups in total. The minimum Gasteiger partial charge on any atom is -0.344 e. The summed E-state index contributed by atoms with van der Waals surface area (Å²) in [5, 5.41) is 5.56. The average molecular weight is 358 g/mol. The number of hydrogen-bond acceptors (Lipinski definition) is 2. The van der Waals surface area contributed by atoms with Crippen LogP contribution in [-0.4, -0.2) is 36.5 Å². The number of carbonyl (C=O) groups is 2. The van der Waals surface area contributed by atoms with E-state index >= 15 is 0 Å². The molecule has 0 bridgehead atoms. The second-order valence-electron chi connectivity index (χ2n) is 5.07. The Morgan fingerprint density at radius 3 is 2.95 bits per heavy atom. The molecule has 1 heterocycles. The molecular formula is C14H17BrFN3O2. The summed E-state index contributed by atoms with van der Waals surface area (Å²) in [6, 6.07) is 3.99. The molecule has 21 heavy (non-hydrogen) atoms. The topological polar surface area (TPSA) is 61.4 Å². The predicted molar refractivity (Wildman–Crippen MR) is 80.1 cm³/mol. The fraction of sp³-hybridized carbons (Fsp3) is 0.429. The lowest BCUT2D eigenvalue weighted by Crippen LogP contribution is -2.50. The summed E-state index contributed by atoms with van der Waals surface area (Å²) in [5.41, 5.74) is 0.794. The maximum Gasteiger partial charge on any atom is 0.315 e. The van der Waals surface area contributed by atoms with Gasteiger partial charge in [0.05, 0.1) is 0 Å². The molecule has 0 radical (unpaired) electrons. The quantitative estimate of drug-likeness (QED) is 0.869. The number of carbonyl (C=O) groups excluding carboxylic acids is 2. The molecule has 1 fully saturated rings. The van der Waals surface area contributed by atoms with E-state index in [0.717, 1.165) is 5.56 Å². The lowest BCUT2D eigenvalue weighted by molar-refractivity contribution is -0.132. The van der Waals surface area contributed by atoms with Crippen molar-refractivity contribution < 1.29 is 14.0 Å². The van der Waals surface area contributed by atoms with E-state index in [1.165, 1.54) is 12.1 Å². The molecule has 1 saturated heterocycles. The Balaban J connectivity index is 1.81. The van der Waals surface area contributed by atoms with Gasteiger partial charge in [-0.25, -0.2) is 9.18 Å². The molecule has 5 nitrogen and oxygen atoms in total. The number of nitrogens with zero attached hydrogens (tertiary/aromatic N) is 1. The van der Waals surface area contributed by atoms with Gasteiger partial charge < -0.3 is 15.5 Å². The number of piperidine rings is 1. The number of halogens is 2. The Morgan fingerprint density at radius 2 is 2.29 bits per heavy atom. The molecule has 114 valence electrons. The van der Waals surface area contributed by atoms with Crippen LogP contribution in [0.25, 0.3) is 0 Å². The number of amides is 3. The number of urea groups is 1. The third kappa shape index (κ3) is 4.42. The maximum atomic E-state index is 13.0. The van der Waals surface area contributed by atoms with E-state index in [0.29, 0.717) is 30.4 Å². The molecule has 0 aromatic heterocycles. The molecular weight excluding hydrogens is 341 g/mol. The summed E-state index contributed by atoms with van der Waals surface area (Å²) in [7, 11) is 1.73. The van der Waals surface area contributed by atoms with Crippen LogP contribution in [0, 0.1) is 5.82 Å². The van der Waals surface area contributed by atoms with Crippen molar-refractivity contribution in [3.05, 3.63) is 34.1 Å². The van der Waals surface area contributed by atoms with Gasteiger partial charge in [0.1, 0.15) is 5.82 Å². The number of nitrogens with one attached hydrogen (secondary N) is 2. The van der Waals surface area contributed by atoms with Crippen LogP contribution in [0.5, 0.6) is 0 Å². The number of benzene rings is 1. The zero-order valence-electron chi connectivity index (χ0n) is 11.7. The predicted octanol–water partition coefficient (Wildman–Crippen LogP) is 2.01. The zero-order chi connectivity index (χ0) is 15.4. The van der Waals surface area contributed by atoms with E-state index in [4.69, 9.17) is 0 Å². The van der Waals surface area contributed by atoms with Gasteiger partial charge in [0.25, 0.3) is 0 Å². The summed E-state index contributed by atoms with van der Waals surface area (Å²) < 4.78 is 13.6. The van der Waals surface area contributed by atoms with Crippen molar-refractivity contribution in [2.24, 2.45) is 0 Å². The number of hydrogen-bond donors (Lipinski definition) is 2. The van der Waals surface area contributed by atoms with Gasteiger partial charge in [0.15, 0.2) is 0 Å². The molecule has 0 aliphatic carbocycles. The lowest BCUT2D eigenvalue weighted by atomic mass is 10.1. The molecule has 0 saturated carbocycles. The molecule has 7 heteroatoms. The van der Waals surface area contributed by atoms with Crippen molar-refractivity contribution in [2.45, 2.75) is 25.4 Å². The minimum absolute atomic E-state index is 0.0376. The van der Waals surface area contributed by atoms with Gasteiger partial charge in [-0.2, -0.15) is 0 Å². The Hall–Kier alpha value is -1.63. The highest BCUT2D eigenvalue weighted by Gasteiger charge is 2.23. The Morgan fingerprint density at radius 1 is 1.52 bits per heavy atom. The molecule has 0 spiro atoms. The smallest absolute Gasteiger partial charge is 0.315 e. The maximum absolute atomic E-state index is 13.0. The van der Waals surface area contributed by atoms with Crippen LogP contribution < -0.4 is 10.6 Å². The molecule has 2 rings (SSSR count). The van der Waals surface area contributed by atoms with Gasteiger partial charge in [0, 0.05) is 37.1 Å². The lowest BCUT2D eigenvalue weighted by Gasteiger charge is -2.30. The second kappa shape index (κ2) is 6.89. The summed E-state index contributed by atoms with van der Waals surface area (Å²) in [5.74, 6) is -0.228. The SMILES string of the molecule is CN1CC(NC(=O)NCc2ccc(F)cc2Br)CCC1=O.